The van der Waals surface area contributed by atoms with E-state index in [9.17, 15) is 19.2 Å². The van der Waals surface area contributed by atoms with E-state index in [4.69, 9.17) is 28.4 Å². The van der Waals surface area contributed by atoms with Crippen LogP contribution in [-0.2, 0) is 28.7 Å². The molecule has 0 aliphatic carbocycles. The molecule has 2 aromatic carbocycles. The minimum Gasteiger partial charge on any atom is -0.493 e. The normalized spacial score (nSPS) is 10.6. The Morgan fingerprint density at radius 1 is 0.675 bits per heavy atom. The molecule has 2 N–H and O–H groups in total. The molecule has 40 heavy (non-hydrogen) atoms. The third-order valence-electron chi connectivity index (χ3n) is 4.64. The van der Waals surface area contributed by atoms with Gasteiger partial charge in [0.1, 0.15) is 0 Å². The molecule has 0 atom stereocenters. The van der Waals surface area contributed by atoms with Crippen LogP contribution in [0.4, 0.5) is 0 Å². The molecule has 2 aromatic rings. The summed E-state index contributed by atoms with van der Waals surface area (Å²) >= 11 is 0. The van der Waals surface area contributed by atoms with Gasteiger partial charge in [-0.25, -0.2) is 20.4 Å². The average molecular weight is 559 g/mol. The Bertz CT molecular complexity index is 1150. The first-order chi connectivity index (χ1) is 19.3. The second-order valence-electron chi connectivity index (χ2n) is 7.41. The molecule has 14 nitrogen and oxygen atoms in total. The number of hydrazone groups is 2. The predicted molar refractivity (Wildman–Crippen MR) is 142 cm³/mol. The number of rotatable bonds is 14. The van der Waals surface area contributed by atoms with E-state index in [0.717, 1.165) is 0 Å². The molecule has 0 heterocycles. The summed E-state index contributed by atoms with van der Waals surface area (Å²) in [5.74, 6) is -1.89. The average Bonchev–Trinajstić information content (AvgIpc) is 2.95. The largest absolute Gasteiger partial charge is 0.493 e. The Labute approximate surface area is 230 Å². The third-order valence-corrected chi connectivity index (χ3v) is 4.64. The van der Waals surface area contributed by atoms with Crippen molar-refractivity contribution >= 4 is 36.2 Å². The first-order valence-corrected chi connectivity index (χ1v) is 11.9. The van der Waals surface area contributed by atoms with Gasteiger partial charge >= 0.3 is 23.8 Å². The highest BCUT2D eigenvalue weighted by Crippen LogP contribution is 2.28. The molecule has 0 saturated carbocycles. The topological polar surface area (TPSA) is 172 Å². The van der Waals surface area contributed by atoms with E-state index in [0.29, 0.717) is 34.1 Å². The smallest absolute Gasteiger partial charge is 0.344 e. The molecule has 14 heteroatoms. The molecule has 2 amide bonds. The van der Waals surface area contributed by atoms with Gasteiger partial charge in [0.15, 0.2) is 36.2 Å². The molecule has 0 spiro atoms. The number of nitrogens with one attached hydrogen (secondary N) is 2. The summed E-state index contributed by atoms with van der Waals surface area (Å²) in [5, 5.41) is 7.47. The Morgan fingerprint density at radius 2 is 1.07 bits per heavy atom. The number of esters is 2. The zero-order chi connectivity index (χ0) is 29.3. The van der Waals surface area contributed by atoms with Gasteiger partial charge in [0.25, 0.3) is 0 Å². The zero-order valence-electron chi connectivity index (χ0n) is 22.4. The summed E-state index contributed by atoms with van der Waals surface area (Å²) in [7, 11) is 2.84. The number of benzene rings is 2. The summed E-state index contributed by atoms with van der Waals surface area (Å²) in [6.07, 6.45) is 2.56. The first kappa shape index (κ1) is 31.1. The summed E-state index contributed by atoms with van der Waals surface area (Å²) in [6, 6.07) is 9.42. The number of ether oxygens (including phenoxy) is 6. The van der Waals surface area contributed by atoms with Crippen molar-refractivity contribution in [1.82, 2.24) is 10.9 Å². The van der Waals surface area contributed by atoms with Crippen molar-refractivity contribution < 1.29 is 47.6 Å². The van der Waals surface area contributed by atoms with Crippen LogP contribution in [-0.4, -0.2) is 76.8 Å². The molecule has 0 unspecified atom stereocenters. The molecular weight excluding hydrogens is 528 g/mol. The highest BCUT2D eigenvalue weighted by atomic mass is 16.6. The maximum absolute atomic E-state index is 12.0. The van der Waals surface area contributed by atoms with E-state index in [2.05, 4.69) is 21.1 Å². The quantitative estimate of drug-likeness (QED) is 0.148. The molecular formula is C26H30N4O10. The van der Waals surface area contributed by atoms with Crippen molar-refractivity contribution in [2.24, 2.45) is 10.2 Å². The van der Waals surface area contributed by atoms with Crippen LogP contribution < -0.4 is 29.8 Å². The van der Waals surface area contributed by atoms with Crippen molar-refractivity contribution in [3.63, 3.8) is 0 Å². The minimum absolute atomic E-state index is 0.241. The molecule has 0 fully saturated rings. The number of carbonyl (C=O) groups excluding carboxylic acids is 4. The number of methoxy groups -OCH3 is 2. The fourth-order valence-corrected chi connectivity index (χ4v) is 2.88. The van der Waals surface area contributed by atoms with Crippen molar-refractivity contribution in [2.75, 3.05) is 40.6 Å². The first-order valence-electron chi connectivity index (χ1n) is 11.9. The lowest BCUT2D eigenvalue weighted by Crippen LogP contribution is -2.35. The predicted octanol–water partition coefficient (Wildman–Crippen LogP) is 1.19. The van der Waals surface area contributed by atoms with Crippen LogP contribution in [0.1, 0.15) is 25.0 Å². The lowest BCUT2D eigenvalue weighted by molar-refractivity contribution is -0.146. The van der Waals surface area contributed by atoms with Gasteiger partial charge in [-0.1, -0.05) is 0 Å². The third kappa shape index (κ3) is 10.3. The van der Waals surface area contributed by atoms with E-state index in [-0.39, 0.29) is 26.4 Å². The molecule has 0 aliphatic heterocycles. The van der Waals surface area contributed by atoms with E-state index in [1.54, 1.807) is 50.2 Å². The number of hydrogen-bond donors (Lipinski definition) is 2. The van der Waals surface area contributed by atoms with Crippen molar-refractivity contribution in [3.05, 3.63) is 47.5 Å². The van der Waals surface area contributed by atoms with Crippen LogP contribution in [0.3, 0.4) is 0 Å². The fraction of sp³-hybridized carbons (Fsp3) is 0.308. The second-order valence-corrected chi connectivity index (χ2v) is 7.41. The Balaban J connectivity index is 1.88. The van der Waals surface area contributed by atoms with Gasteiger partial charge in [0.2, 0.25) is 0 Å². The number of amides is 2. The van der Waals surface area contributed by atoms with E-state index in [1.807, 2.05) is 0 Å². The minimum atomic E-state index is -1.06. The Hall–Kier alpha value is -5.14. The van der Waals surface area contributed by atoms with Crippen molar-refractivity contribution in [2.45, 2.75) is 13.8 Å². The molecule has 0 bridgehead atoms. The fourth-order valence-electron chi connectivity index (χ4n) is 2.88. The monoisotopic (exact) mass is 558 g/mol. The number of nitrogens with zero attached hydrogens (tertiary/aromatic N) is 2. The second kappa shape index (κ2) is 16.7. The Kier molecular flexibility index (Phi) is 12.9. The summed E-state index contributed by atoms with van der Waals surface area (Å²) < 4.78 is 30.8. The molecule has 0 saturated heterocycles. The molecule has 214 valence electrons. The summed E-state index contributed by atoms with van der Waals surface area (Å²) in [6.45, 7) is 3.30. The highest BCUT2D eigenvalue weighted by molar-refractivity contribution is 6.35. The lowest BCUT2D eigenvalue weighted by atomic mass is 10.2. The van der Waals surface area contributed by atoms with E-state index in [1.165, 1.54) is 26.6 Å². The lowest BCUT2D eigenvalue weighted by Gasteiger charge is -2.10. The van der Waals surface area contributed by atoms with Crippen LogP contribution in [0.5, 0.6) is 23.0 Å². The molecule has 0 aliphatic rings. The molecule has 0 radical (unpaired) electrons. The van der Waals surface area contributed by atoms with Crippen LogP contribution in [0.25, 0.3) is 0 Å². The maximum atomic E-state index is 12.0. The number of hydrogen-bond acceptors (Lipinski definition) is 12. The van der Waals surface area contributed by atoms with Crippen molar-refractivity contribution in [3.8, 4) is 23.0 Å². The van der Waals surface area contributed by atoms with Gasteiger partial charge in [-0.3, -0.25) is 9.59 Å². The van der Waals surface area contributed by atoms with Gasteiger partial charge in [-0.2, -0.15) is 10.2 Å². The van der Waals surface area contributed by atoms with Gasteiger partial charge in [0, 0.05) is 0 Å². The van der Waals surface area contributed by atoms with Gasteiger partial charge in [-0.15, -0.1) is 0 Å². The van der Waals surface area contributed by atoms with Gasteiger partial charge in [0.05, 0.1) is 39.9 Å². The SMILES string of the molecule is CCOC(=O)COc1ccc(C=NNC(=O)C(=O)N/N=C/c2ccc(OCC(=O)OCC)c(OC)c2)cc1OC. The van der Waals surface area contributed by atoms with Crippen LogP contribution >= 0.6 is 0 Å². The van der Waals surface area contributed by atoms with E-state index >= 15 is 0 Å². The molecule has 0 aromatic heterocycles. The van der Waals surface area contributed by atoms with Crippen LogP contribution in [0.2, 0.25) is 0 Å². The van der Waals surface area contributed by atoms with Gasteiger partial charge in [-0.05, 0) is 61.4 Å². The Morgan fingerprint density at radius 3 is 1.43 bits per heavy atom. The highest BCUT2D eigenvalue weighted by Gasteiger charge is 2.13. The number of carbonyl (C=O) groups is 4. The van der Waals surface area contributed by atoms with Gasteiger partial charge < -0.3 is 28.4 Å². The van der Waals surface area contributed by atoms with Crippen molar-refractivity contribution in [1.29, 1.82) is 0 Å². The zero-order valence-corrected chi connectivity index (χ0v) is 22.4. The maximum Gasteiger partial charge on any atom is 0.344 e. The van der Waals surface area contributed by atoms with E-state index < -0.39 is 23.8 Å². The summed E-state index contributed by atoms with van der Waals surface area (Å²) in [5.41, 5.74) is 5.19. The van der Waals surface area contributed by atoms with Crippen LogP contribution in [0, 0.1) is 0 Å². The van der Waals surface area contributed by atoms with Crippen LogP contribution in [0.15, 0.2) is 46.6 Å². The standard InChI is InChI=1S/C26H30N4O10/c1-5-37-23(31)15-39-19-9-7-17(11-21(19)35-3)13-27-29-25(33)26(34)30-28-14-18-8-10-20(22(12-18)36-4)40-16-24(32)38-6-2/h7-14H,5-6,15-16H2,1-4H3,(H,29,33)(H,30,34)/b27-13+,28-14?. The molecule has 2 rings (SSSR count). The summed E-state index contributed by atoms with van der Waals surface area (Å²) in [4.78, 5) is 46.9.